The van der Waals surface area contributed by atoms with Gasteiger partial charge in [-0.3, -0.25) is 0 Å². The predicted molar refractivity (Wildman–Crippen MR) is 29.2 cm³/mol. The summed E-state index contributed by atoms with van der Waals surface area (Å²) in [5.74, 6) is -0.0880. The largest absolute Gasteiger partial charge is 0.651 e. The molecule has 0 aliphatic heterocycles. The number of carbonyl (C=O) groups excluding carboxylic acids is 1. The van der Waals surface area contributed by atoms with Gasteiger partial charge in [0.2, 0.25) is 0 Å². The summed E-state index contributed by atoms with van der Waals surface area (Å²) in [6.45, 7) is 5.21. The average Bonchev–Trinajstić information content (AvgIpc) is 1.27. The number of nitrogens with zero attached hydrogens (tertiary/aromatic N) is 1. The molecule has 0 unspecified atom stereocenters. The summed E-state index contributed by atoms with van der Waals surface area (Å²) in [5, 5.41) is 3.64. The Bertz CT molecular complexity index is 72.8. The van der Waals surface area contributed by atoms with Crippen molar-refractivity contribution in [1.29, 1.82) is 0 Å². The first-order valence-electron chi connectivity index (χ1n) is 2.34. The van der Waals surface area contributed by atoms with Crippen LogP contribution in [-0.4, -0.2) is 11.9 Å². The first-order valence-corrected chi connectivity index (χ1v) is 2.34. The van der Waals surface area contributed by atoms with Crippen molar-refractivity contribution in [3.05, 3.63) is 5.32 Å². The fraction of sp³-hybridized carbons (Fsp3) is 0.800. The average molecular weight is 284 g/mol. The molecule has 0 radical (unpaired) electrons. The van der Waals surface area contributed by atoms with Crippen LogP contribution in [0.5, 0.6) is 0 Å². The molecule has 0 heterocycles. The zero-order valence-corrected chi connectivity index (χ0v) is 8.27. The van der Waals surface area contributed by atoms with Gasteiger partial charge in [0.05, 0.1) is 0 Å². The fourth-order valence-electron chi connectivity index (χ4n) is 0.364. The minimum Gasteiger partial charge on any atom is -0.651 e. The van der Waals surface area contributed by atoms with Gasteiger partial charge < -0.3 is 10.1 Å². The molecule has 0 bridgehead atoms. The third kappa shape index (κ3) is 9.48. The maximum Gasteiger partial charge on any atom is 0.0481 e. The number of carbonyl (C=O) groups is 1. The molecule has 0 aromatic rings. The molecule has 1 amide bonds. The standard InChI is InChI=1S/C5H11NO.W/c1-4(2)6-5(3)7;/h4H,1-3H3,(H,6,7);/p-1. The van der Waals surface area contributed by atoms with Gasteiger partial charge in [0.1, 0.15) is 0 Å². The van der Waals surface area contributed by atoms with E-state index in [-0.39, 0.29) is 33.0 Å². The van der Waals surface area contributed by atoms with Crippen molar-refractivity contribution in [3.8, 4) is 0 Å². The number of amides is 1. The summed E-state index contributed by atoms with van der Waals surface area (Å²) in [6, 6.07) is 0.150. The molecule has 0 aliphatic rings. The molecule has 0 spiro atoms. The monoisotopic (exact) mass is 284 g/mol. The third-order valence-electron chi connectivity index (χ3n) is 0.440. The van der Waals surface area contributed by atoms with Crippen molar-refractivity contribution in [3.63, 3.8) is 0 Å². The van der Waals surface area contributed by atoms with Gasteiger partial charge in [0, 0.05) is 27.0 Å². The molecular weight excluding hydrogens is 274 g/mol. The molecule has 0 rings (SSSR count). The van der Waals surface area contributed by atoms with E-state index in [9.17, 15) is 4.79 Å². The molecule has 3 heteroatoms. The molecule has 8 heavy (non-hydrogen) atoms. The van der Waals surface area contributed by atoms with E-state index in [1.54, 1.807) is 0 Å². The number of rotatable bonds is 1. The van der Waals surface area contributed by atoms with Gasteiger partial charge >= 0.3 is 0 Å². The maximum absolute atomic E-state index is 10.1. The normalized spacial score (nSPS) is 8.00. The van der Waals surface area contributed by atoms with Crippen LogP contribution in [0, 0.1) is 0 Å². The van der Waals surface area contributed by atoms with Gasteiger partial charge in [0.15, 0.2) is 0 Å². The Morgan fingerprint density at radius 2 is 1.88 bits per heavy atom. The molecule has 2 nitrogen and oxygen atoms in total. The Balaban J connectivity index is 0. The number of hydrogen-bond donors (Lipinski definition) is 0. The van der Waals surface area contributed by atoms with Gasteiger partial charge in [0.25, 0.3) is 0 Å². The number of hydrogen-bond acceptors (Lipinski definition) is 1. The molecule has 48 valence electrons. The van der Waals surface area contributed by atoms with E-state index in [0.717, 1.165) is 0 Å². The third-order valence-corrected chi connectivity index (χ3v) is 0.440. The first-order chi connectivity index (χ1) is 3.13. The molecule has 0 aromatic carbocycles. The molecule has 0 aliphatic carbocycles. The van der Waals surface area contributed by atoms with Crippen molar-refractivity contribution in [1.82, 2.24) is 0 Å². The molecular formula is C5H10NOW-. The van der Waals surface area contributed by atoms with E-state index < -0.39 is 0 Å². The van der Waals surface area contributed by atoms with Crippen molar-refractivity contribution in [2.75, 3.05) is 0 Å². The van der Waals surface area contributed by atoms with E-state index in [0.29, 0.717) is 0 Å². The summed E-state index contributed by atoms with van der Waals surface area (Å²) in [5.41, 5.74) is 0. The van der Waals surface area contributed by atoms with Crippen LogP contribution in [0.25, 0.3) is 5.32 Å². The van der Waals surface area contributed by atoms with E-state index in [2.05, 4.69) is 5.32 Å². The van der Waals surface area contributed by atoms with Gasteiger partial charge in [-0.15, -0.1) is 6.04 Å². The van der Waals surface area contributed by atoms with Crippen LogP contribution in [-0.2, 0) is 25.9 Å². The Kier molecular flexibility index (Phi) is 7.30. The van der Waals surface area contributed by atoms with E-state index >= 15 is 0 Å². The predicted octanol–water partition coefficient (Wildman–Crippen LogP) is 1.31. The van der Waals surface area contributed by atoms with Crippen molar-refractivity contribution in [2.24, 2.45) is 0 Å². The topological polar surface area (TPSA) is 31.2 Å². The second-order valence-electron chi connectivity index (χ2n) is 1.74. The SMILES string of the molecule is CC(=O)[N-]C(C)C.[W]. The second-order valence-corrected chi connectivity index (χ2v) is 1.74. The molecule has 0 saturated carbocycles. The van der Waals surface area contributed by atoms with E-state index in [4.69, 9.17) is 0 Å². The zero-order valence-electron chi connectivity index (χ0n) is 5.34. The van der Waals surface area contributed by atoms with Crippen molar-refractivity contribution in [2.45, 2.75) is 26.8 Å². The van der Waals surface area contributed by atoms with Crippen LogP contribution in [0.2, 0.25) is 0 Å². The van der Waals surface area contributed by atoms with Gasteiger partial charge in [-0.05, 0) is 6.92 Å². The molecule has 0 N–H and O–H groups in total. The Hall–Kier alpha value is 0.158. The van der Waals surface area contributed by atoms with Gasteiger partial charge in [-0.2, -0.15) is 0 Å². The Labute approximate surface area is 64.3 Å². The molecule has 0 saturated heterocycles. The van der Waals surface area contributed by atoms with Gasteiger partial charge in [-0.25, -0.2) is 0 Å². The molecule has 0 fully saturated rings. The van der Waals surface area contributed by atoms with Crippen LogP contribution in [0.1, 0.15) is 20.8 Å². The fourth-order valence-corrected chi connectivity index (χ4v) is 0.364. The smallest absolute Gasteiger partial charge is 0.0481 e. The first kappa shape index (κ1) is 11.0. The van der Waals surface area contributed by atoms with E-state index in [1.165, 1.54) is 6.92 Å². The Morgan fingerprint density at radius 3 is 1.88 bits per heavy atom. The van der Waals surface area contributed by atoms with Crippen LogP contribution < -0.4 is 0 Å². The quantitative estimate of drug-likeness (QED) is 0.714. The summed E-state index contributed by atoms with van der Waals surface area (Å²) < 4.78 is 0. The minimum atomic E-state index is -0.0880. The summed E-state index contributed by atoms with van der Waals surface area (Å²) in [6.07, 6.45) is 0. The maximum atomic E-state index is 10.1. The van der Waals surface area contributed by atoms with Gasteiger partial charge in [-0.1, -0.05) is 13.8 Å². The second kappa shape index (κ2) is 5.30. The van der Waals surface area contributed by atoms with Crippen LogP contribution in [0.4, 0.5) is 0 Å². The molecule has 0 atom stereocenters. The summed E-state index contributed by atoms with van der Waals surface area (Å²) in [7, 11) is 0. The van der Waals surface area contributed by atoms with Crippen LogP contribution in [0.3, 0.4) is 0 Å². The zero-order chi connectivity index (χ0) is 5.86. The van der Waals surface area contributed by atoms with E-state index in [1.807, 2.05) is 13.8 Å². The summed E-state index contributed by atoms with van der Waals surface area (Å²) >= 11 is 0. The Morgan fingerprint density at radius 1 is 1.50 bits per heavy atom. The minimum absolute atomic E-state index is 0. The summed E-state index contributed by atoms with van der Waals surface area (Å²) in [4.78, 5) is 10.1. The van der Waals surface area contributed by atoms with Crippen molar-refractivity contribution >= 4 is 5.91 Å². The van der Waals surface area contributed by atoms with Crippen molar-refractivity contribution < 1.29 is 25.9 Å². The van der Waals surface area contributed by atoms with Crippen LogP contribution in [0.15, 0.2) is 0 Å². The molecule has 0 aromatic heterocycles. The van der Waals surface area contributed by atoms with Crippen LogP contribution >= 0.6 is 0 Å².